The SMILES string of the molecule is O=C1NC(=O)N(/N=C/c2ccc(-c3ccc([N+](=O)[O-])cc3)o2)C1OS(=O)(=O)[O-].[Na]. The molecule has 1 radical (unpaired) electrons. The van der Waals surface area contributed by atoms with Crippen LogP contribution in [-0.4, -0.2) is 76.8 Å². The Morgan fingerprint density at radius 1 is 1.21 bits per heavy atom. The van der Waals surface area contributed by atoms with Gasteiger partial charge in [-0.15, -0.1) is 0 Å². The minimum atomic E-state index is -5.27. The zero-order valence-corrected chi connectivity index (χ0v) is 17.4. The second-order valence-electron chi connectivity index (χ2n) is 5.25. The van der Waals surface area contributed by atoms with Crippen LogP contribution in [-0.2, 0) is 19.4 Å². The number of nitro benzene ring substituents is 1. The van der Waals surface area contributed by atoms with Crippen molar-refractivity contribution in [1.29, 1.82) is 0 Å². The van der Waals surface area contributed by atoms with E-state index in [0.717, 1.165) is 6.21 Å². The molecule has 0 bridgehead atoms. The molecular weight excluding hydrogens is 423 g/mol. The van der Waals surface area contributed by atoms with E-state index in [1.165, 1.54) is 36.4 Å². The Labute approximate surface area is 184 Å². The molecule has 0 aliphatic carbocycles. The van der Waals surface area contributed by atoms with E-state index < -0.39 is 33.5 Å². The van der Waals surface area contributed by atoms with Gasteiger partial charge in [0.15, 0.2) is 0 Å². The molecule has 13 nitrogen and oxygen atoms in total. The summed E-state index contributed by atoms with van der Waals surface area (Å²) >= 11 is 0. The Morgan fingerprint density at radius 3 is 2.45 bits per heavy atom. The quantitative estimate of drug-likeness (QED) is 0.126. The van der Waals surface area contributed by atoms with Crippen LogP contribution in [0.5, 0.6) is 0 Å². The molecule has 1 atom stereocenters. The number of furan rings is 1. The van der Waals surface area contributed by atoms with Gasteiger partial charge in [0.2, 0.25) is 10.4 Å². The molecule has 1 aliphatic heterocycles. The molecule has 1 unspecified atom stereocenters. The fraction of sp³-hybridized carbons (Fsp3) is 0.0714. The molecule has 1 aromatic heterocycles. The number of urea groups is 1. The Kier molecular flexibility index (Phi) is 6.89. The molecule has 3 rings (SSSR count). The van der Waals surface area contributed by atoms with E-state index in [2.05, 4.69) is 9.28 Å². The van der Waals surface area contributed by atoms with E-state index in [1.54, 1.807) is 5.32 Å². The molecule has 3 amide bonds. The van der Waals surface area contributed by atoms with Crippen LogP contribution in [0.25, 0.3) is 11.3 Å². The molecule has 15 heteroatoms. The summed E-state index contributed by atoms with van der Waals surface area (Å²) in [4.78, 5) is 33.2. The van der Waals surface area contributed by atoms with E-state index in [-0.39, 0.29) is 41.0 Å². The van der Waals surface area contributed by atoms with Crippen molar-refractivity contribution in [1.82, 2.24) is 10.3 Å². The fourth-order valence-electron chi connectivity index (χ4n) is 2.19. The first-order valence-corrected chi connectivity index (χ1v) is 8.64. The molecular formula is C14H9N4NaO9S-. The summed E-state index contributed by atoms with van der Waals surface area (Å²) in [5, 5.41) is 16.3. The number of nitrogens with zero attached hydrogens (tertiary/aromatic N) is 3. The van der Waals surface area contributed by atoms with Crippen LogP contribution >= 0.6 is 0 Å². The Balaban J connectivity index is 0.00000300. The van der Waals surface area contributed by atoms with Gasteiger partial charge in [-0.05, 0) is 24.3 Å². The van der Waals surface area contributed by atoms with Crippen LogP contribution in [0.15, 0.2) is 45.9 Å². The maximum Gasteiger partial charge on any atom is 0.347 e. The van der Waals surface area contributed by atoms with Crippen molar-refractivity contribution in [2.45, 2.75) is 6.23 Å². The van der Waals surface area contributed by atoms with Gasteiger partial charge in [0, 0.05) is 47.3 Å². The van der Waals surface area contributed by atoms with E-state index in [0.29, 0.717) is 16.3 Å². The van der Waals surface area contributed by atoms with Crippen LogP contribution in [0.4, 0.5) is 10.5 Å². The van der Waals surface area contributed by atoms with Crippen molar-refractivity contribution in [3.63, 3.8) is 0 Å². The predicted molar refractivity (Wildman–Crippen MR) is 94.1 cm³/mol. The standard InChI is InChI=1S/C14H10N4O9S.Na/c19-12-13(27-28(23,24)25)17(14(20)16-12)15-7-10-5-6-11(26-10)8-1-3-9(4-2-8)18(21)22;/h1-7,13H,(H,16,19,20)(H,23,24,25);/p-1/b15-7+;. The van der Waals surface area contributed by atoms with Crippen molar-refractivity contribution >= 4 is 63.8 Å². The summed E-state index contributed by atoms with van der Waals surface area (Å²) in [6, 6.07) is 7.37. The fourth-order valence-corrected chi connectivity index (χ4v) is 2.59. The molecule has 1 saturated heterocycles. The number of amides is 3. The van der Waals surface area contributed by atoms with Gasteiger partial charge >= 0.3 is 6.03 Å². The number of non-ortho nitro benzene ring substituents is 1. The topological polar surface area (TPSA) is 184 Å². The third-order valence-electron chi connectivity index (χ3n) is 3.39. The van der Waals surface area contributed by atoms with Crippen LogP contribution in [0, 0.1) is 10.1 Å². The van der Waals surface area contributed by atoms with E-state index >= 15 is 0 Å². The Hall–Kier alpha value is -2.62. The number of carbonyl (C=O) groups is 2. The van der Waals surface area contributed by atoms with Gasteiger partial charge in [-0.2, -0.15) is 10.1 Å². The molecule has 2 heterocycles. The van der Waals surface area contributed by atoms with Gasteiger partial charge in [-0.1, -0.05) is 0 Å². The zero-order chi connectivity index (χ0) is 20.5. The maximum atomic E-state index is 11.6. The number of hydrogen-bond donors (Lipinski definition) is 1. The van der Waals surface area contributed by atoms with Gasteiger partial charge in [0.05, 0.1) is 11.1 Å². The predicted octanol–water partition coefficient (Wildman–Crippen LogP) is 0.163. The first-order chi connectivity index (χ1) is 13.1. The monoisotopic (exact) mass is 432 g/mol. The maximum absolute atomic E-state index is 11.6. The van der Waals surface area contributed by atoms with Gasteiger partial charge in [-0.3, -0.25) is 20.2 Å². The summed E-state index contributed by atoms with van der Waals surface area (Å²) in [6.07, 6.45) is -1.09. The minimum Gasteiger partial charge on any atom is -0.725 e. The number of nitrogens with one attached hydrogen (secondary N) is 1. The molecule has 2 aromatic rings. The number of rotatable bonds is 6. The molecule has 1 aromatic carbocycles. The molecule has 29 heavy (non-hydrogen) atoms. The van der Waals surface area contributed by atoms with Gasteiger partial charge in [0.25, 0.3) is 17.8 Å². The molecule has 1 N–H and O–H groups in total. The van der Waals surface area contributed by atoms with Crippen molar-refractivity contribution < 1.29 is 36.1 Å². The number of imide groups is 1. The molecule has 0 saturated carbocycles. The van der Waals surface area contributed by atoms with E-state index in [4.69, 9.17) is 4.42 Å². The Bertz CT molecular complexity index is 1080. The van der Waals surface area contributed by atoms with Gasteiger partial charge in [-0.25, -0.2) is 17.4 Å². The van der Waals surface area contributed by atoms with Crippen LogP contribution in [0.3, 0.4) is 0 Å². The second kappa shape index (κ2) is 8.81. The molecule has 1 aliphatic rings. The summed E-state index contributed by atoms with van der Waals surface area (Å²) in [7, 11) is -5.27. The van der Waals surface area contributed by atoms with E-state index in [9.17, 15) is 32.7 Å². The summed E-state index contributed by atoms with van der Waals surface area (Å²) in [6.45, 7) is 0. The number of benzene rings is 1. The zero-order valence-electron chi connectivity index (χ0n) is 14.5. The summed E-state index contributed by atoms with van der Waals surface area (Å²) in [5.74, 6) is -0.745. The van der Waals surface area contributed by atoms with Crippen molar-refractivity contribution in [2.75, 3.05) is 0 Å². The largest absolute Gasteiger partial charge is 0.725 e. The average Bonchev–Trinajstić information content (AvgIpc) is 3.17. The van der Waals surface area contributed by atoms with Crippen LogP contribution < -0.4 is 5.32 Å². The van der Waals surface area contributed by atoms with E-state index in [1.807, 2.05) is 0 Å². The smallest absolute Gasteiger partial charge is 0.347 e. The van der Waals surface area contributed by atoms with Gasteiger partial charge < -0.3 is 8.97 Å². The van der Waals surface area contributed by atoms with Gasteiger partial charge in [0.1, 0.15) is 11.5 Å². The number of hydrazone groups is 1. The Morgan fingerprint density at radius 2 is 1.86 bits per heavy atom. The van der Waals surface area contributed by atoms with Crippen molar-refractivity contribution in [2.24, 2.45) is 5.10 Å². The van der Waals surface area contributed by atoms with Crippen molar-refractivity contribution in [3.05, 3.63) is 52.3 Å². The second-order valence-corrected chi connectivity index (χ2v) is 6.26. The van der Waals surface area contributed by atoms with Crippen molar-refractivity contribution in [3.8, 4) is 11.3 Å². The summed E-state index contributed by atoms with van der Waals surface area (Å²) in [5.41, 5.74) is 0.430. The average molecular weight is 432 g/mol. The van der Waals surface area contributed by atoms with Crippen LogP contribution in [0.1, 0.15) is 5.76 Å². The molecule has 147 valence electrons. The normalized spacial score (nSPS) is 16.7. The molecule has 0 spiro atoms. The minimum absolute atomic E-state index is 0. The summed E-state index contributed by atoms with van der Waals surface area (Å²) < 4.78 is 41.5. The number of carbonyl (C=O) groups excluding carboxylic acids is 2. The third kappa shape index (κ3) is 5.47. The third-order valence-corrected chi connectivity index (χ3v) is 3.81. The first-order valence-electron chi connectivity index (χ1n) is 7.31. The number of nitro groups is 1. The number of hydrogen-bond acceptors (Lipinski definition) is 10. The molecule has 1 fully saturated rings. The first kappa shape index (κ1) is 22.7. The van der Waals surface area contributed by atoms with Crippen LogP contribution in [0.2, 0.25) is 0 Å².